The lowest BCUT2D eigenvalue weighted by Crippen LogP contribution is -2.18. The first kappa shape index (κ1) is 22.5. The molecule has 0 spiro atoms. The van der Waals surface area contributed by atoms with Crippen molar-refractivity contribution in [3.63, 3.8) is 0 Å². The van der Waals surface area contributed by atoms with Gasteiger partial charge in [-0.25, -0.2) is 0 Å². The van der Waals surface area contributed by atoms with Crippen LogP contribution >= 0.6 is 0 Å². The second-order valence-corrected chi connectivity index (χ2v) is 10.9. The van der Waals surface area contributed by atoms with Crippen LogP contribution in [-0.2, 0) is 17.3 Å². The number of hydrogen-bond donors (Lipinski definition) is 1. The van der Waals surface area contributed by atoms with Crippen LogP contribution in [0.1, 0.15) is 114 Å². The van der Waals surface area contributed by atoms with Crippen LogP contribution < -0.4 is 0 Å². The van der Waals surface area contributed by atoms with Gasteiger partial charge >= 0.3 is 0 Å². The van der Waals surface area contributed by atoms with Crippen LogP contribution in [0.3, 0.4) is 0 Å². The highest BCUT2D eigenvalue weighted by molar-refractivity contribution is 5.52. The van der Waals surface area contributed by atoms with Crippen molar-refractivity contribution in [1.82, 2.24) is 0 Å². The zero-order valence-corrected chi connectivity index (χ0v) is 19.7. The summed E-state index contributed by atoms with van der Waals surface area (Å²) in [6.45, 7) is 22.3. The molecule has 0 bridgehead atoms. The van der Waals surface area contributed by atoms with E-state index < -0.39 is 0 Å². The van der Waals surface area contributed by atoms with Crippen molar-refractivity contribution in [3.8, 4) is 5.75 Å². The predicted molar refractivity (Wildman–Crippen MR) is 123 cm³/mol. The third-order valence-electron chi connectivity index (χ3n) is 5.72. The van der Waals surface area contributed by atoms with Gasteiger partial charge in [-0.2, -0.15) is 0 Å². The molecule has 0 saturated heterocycles. The third kappa shape index (κ3) is 4.80. The van der Waals surface area contributed by atoms with Crippen LogP contribution in [0.15, 0.2) is 30.3 Å². The van der Waals surface area contributed by atoms with E-state index in [0.29, 0.717) is 17.6 Å². The molecule has 28 heavy (non-hydrogen) atoms. The van der Waals surface area contributed by atoms with Crippen molar-refractivity contribution >= 4 is 0 Å². The first-order valence-electron chi connectivity index (χ1n) is 10.7. The van der Waals surface area contributed by atoms with Crippen LogP contribution in [0.4, 0.5) is 0 Å². The van der Waals surface area contributed by atoms with Gasteiger partial charge in [-0.05, 0) is 56.0 Å². The van der Waals surface area contributed by atoms with E-state index in [-0.39, 0.29) is 10.8 Å². The molecular weight excluding hydrogens is 340 g/mol. The van der Waals surface area contributed by atoms with E-state index in [1.807, 2.05) is 0 Å². The van der Waals surface area contributed by atoms with E-state index in [0.717, 1.165) is 17.5 Å². The van der Waals surface area contributed by atoms with Gasteiger partial charge < -0.3 is 5.11 Å². The standard InChI is InChI=1S/C27H40O/c1-17(2)21-12-11-13-22(18(3)4)23(21)15-19-14-20(26(5,6)7)16-24(25(19)28)27(8,9)10/h11-14,16-18,28H,15H2,1-10H3. The summed E-state index contributed by atoms with van der Waals surface area (Å²) in [5, 5.41) is 11.2. The Morgan fingerprint density at radius 3 is 1.68 bits per heavy atom. The quantitative estimate of drug-likeness (QED) is 0.573. The Balaban J connectivity index is 2.74. The highest BCUT2D eigenvalue weighted by Gasteiger charge is 2.26. The van der Waals surface area contributed by atoms with Gasteiger partial charge in [0.2, 0.25) is 0 Å². The summed E-state index contributed by atoms with van der Waals surface area (Å²) >= 11 is 0. The van der Waals surface area contributed by atoms with Gasteiger partial charge in [0.1, 0.15) is 5.75 Å². The van der Waals surface area contributed by atoms with Crippen LogP contribution in [0, 0.1) is 0 Å². The Labute approximate surface area is 173 Å². The number of hydrogen-bond acceptors (Lipinski definition) is 1. The van der Waals surface area contributed by atoms with Gasteiger partial charge in [0.05, 0.1) is 0 Å². The average molecular weight is 381 g/mol. The highest BCUT2D eigenvalue weighted by atomic mass is 16.3. The van der Waals surface area contributed by atoms with Crippen molar-refractivity contribution in [1.29, 1.82) is 0 Å². The molecule has 2 aromatic rings. The lowest BCUT2D eigenvalue weighted by molar-refractivity contribution is 0.439. The molecule has 154 valence electrons. The maximum Gasteiger partial charge on any atom is 0.122 e. The van der Waals surface area contributed by atoms with E-state index in [9.17, 15) is 5.11 Å². The van der Waals surface area contributed by atoms with Gasteiger partial charge in [-0.3, -0.25) is 0 Å². The van der Waals surface area contributed by atoms with Crippen molar-refractivity contribution in [2.24, 2.45) is 0 Å². The fourth-order valence-corrected chi connectivity index (χ4v) is 3.93. The molecule has 2 aromatic carbocycles. The molecule has 0 saturated carbocycles. The van der Waals surface area contributed by atoms with Gasteiger partial charge in [0.25, 0.3) is 0 Å². The topological polar surface area (TPSA) is 20.2 Å². The summed E-state index contributed by atoms with van der Waals surface area (Å²) in [5.74, 6) is 1.39. The molecule has 0 amide bonds. The number of phenols is 1. The van der Waals surface area contributed by atoms with Gasteiger partial charge in [0.15, 0.2) is 0 Å². The third-order valence-corrected chi connectivity index (χ3v) is 5.72. The van der Waals surface area contributed by atoms with Crippen molar-refractivity contribution in [2.45, 2.75) is 98.3 Å². The number of rotatable bonds is 4. The normalized spacial score (nSPS) is 12.9. The first-order chi connectivity index (χ1) is 12.7. The predicted octanol–water partition coefficient (Wildman–Crippen LogP) is 7.82. The summed E-state index contributed by atoms with van der Waals surface area (Å²) in [7, 11) is 0. The van der Waals surface area contributed by atoms with Crippen LogP contribution in [-0.4, -0.2) is 5.11 Å². The average Bonchev–Trinajstić information content (AvgIpc) is 2.54. The largest absolute Gasteiger partial charge is 0.507 e. The minimum atomic E-state index is -0.0987. The second-order valence-electron chi connectivity index (χ2n) is 10.9. The molecule has 0 heterocycles. The smallest absolute Gasteiger partial charge is 0.122 e. The molecule has 0 radical (unpaired) electrons. The summed E-state index contributed by atoms with van der Waals surface area (Å²) in [4.78, 5) is 0. The van der Waals surface area contributed by atoms with Crippen molar-refractivity contribution in [2.75, 3.05) is 0 Å². The highest BCUT2D eigenvalue weighted by Crippen LogP contribution is 2.40. The van der Waals surface area contributed by atoms with E-state index in [1.54, 1.807) is 0 Å². The SMILES string of the molecule is CC(C)c1cccc(C(C)C)c1Cc1cc(C(C)(C)C)cc(C(C)(C)C)c1O. The van der Waals surface area contributed by atoms with Crippen molar-refractivity contribution < 1.29 is 5.11 Å². The van der Waals surface area contributed by atoms with Crippen molar-refractivity contribution in [3.05, 3.63) is 63.7 Å². The summed E-state index contributed by atoms with van der Waals surface area (Å²) in [5.41, 5.74) is 7.50. The molecule has 0 unspecified atom stereocenters. The fraction of sp³-hybridized carbons (Fsp3) is 0.556. The second kappa shape index (κ2) is 7.93. The molecule has 2 rings (SSSR count). The molecule has 1 heteroatoms. The summed E-state index contributed by atoms with van der Waals surface area (Å²) < 4.78 is 0. The van der Waals surface area contributed by atoms with Crippen LogP contribution in [0.25, 0.3) is 0 Å². The summed E-state index contributed by atoms with van der Waals surface area (Å²) in [6.07, 6.45) is 0.778. The monoisotopic (exact) mass is 380 g/mol. The minimum Gasteiger partial charge on any atom is -0.507 e. The number of aromatic hydroxyl groups is 1. The van der Waals surface area contributed by atoms with E-state index in [2.05, 4.69) is 99.6 Å². The van der Waals surface area contributed by atoms with Gasteiger partial charge in [0, 0.05) is 6.42 Å². The molecule has 1 nitrogen and oxygen atoms in total. The van der Waals surface area contributed by atoms with Crippen LogP contribution in [0.2, 0.25) is 0 Å². The molecule has 0 aromatic heterocycles. The van der Waals surface area contributed by atoms with E-state index in [1.165, 1.54) is 22.3 Å². The molecular formula is C27H40O. The molecule has 0 fully saturated rings. The fourth-order valence-electron chi connectivity index (χ4n) is 3.93. The van der Waals surface area contributed by atoms with Crippen LogP contribution in [0.5, 0.6) is 5.75 Å². The van der Waals surface area contributed by atoms with E-state index >= 15 is 0 Å². The molecule has 0 aliphatic carbocycles. The lowest BCUT2D eigenvalue weighted by Gasteiger charge is -2.28. The minimum absolute atomic E-state index is 0.0426. The zero-order valence-electron chi connectivity index (χ0n) is 19.7. The molecule has 0 aliphatic rings. The summed E-state index contributed by atoms with van der Waals surface area (Å²) in [6, 6.07) is 11.1. The first-order valence-corrected chi connectivity index (χ1v) is 10.7. The molecule has 0 aliphatic heterocycles. The van der Waals surface area contributed by atoms with Gasteiger partial charge in [-0.15, -0.1) is 0 Å². The van der Waals surface area contributed by atoms with Gasteiger partial charge in [-0.1, -0.05) is 99.6 Å². The zero-order chi connectivity index (χ0) is 21.4. The lowest BCUT2D eigenvalue weighted by atomic mass is 9.77. The van der Waals surface area contributed by atoms with E-state index in [4.69, 9.17) is 0 Å². The Morgan fingerprint density at radius 1 is 0.786 bits per heavy atom. The Hall–Kier alpha value is -1.76. The Kier molecular flexibility index (Phi) is 6.38. The number of benzene rings is 2. The molecule has 1 N–H and O–H groups in total. The molecule has 0 atom stereocenters. The Bertz CT molecular complexity index is 800. The maximum absolute atomic E-state index is 11.2. The Morgan fingerprint density at radius 2 is 1.29 bits per heavy atom. The number of phenolic OH excluding ortho intramolecular Hbond substituents is 1. The maximum atomic E-state index is 11.2.